The number of rotatable bonds is 5. The number of morpholine rings is 1. The number of nitrogens with zero attached hydrogens (tertiary/aromatic N) is 6. The summed E-state index contributed by atoms with van der Waals surface area (Å²) in [6.07, 6.45) is 1.85. The van der Waals surface area contributed by atoms with Crippen LogP contribution in [-0.2, 0) is 4.74 Å². The molecule has 1 fully saturated rings. The van der Waals surface area contributed by atoms with Crippen LogP contribution in [0, 0.1) is 6.92 Å². The van der Waals surface area contributed by atoms with Crippen LogP contribution in [0.1, 0.15) is 23.0 Å². The van der Waals surface area contributed by atoms with Crippen LogP contribution in [-0.4, -0.2) is 70.5 Å². The molecular weight excluding hydrogens is 420 g/mol. The first-order valence-corrected chi connectivity index (χ1v) is 11.1. The minimum absolute atomic E-state index is 0.189. The van der Waals surface area contributed by atoms with Gasteiger partial charge in [0.15, 0.2) is 17.2 Å². The lowest BCUT2D eigenvalue weighted by molar-refractivity contribution is 0.0773. The van der Waals surface area contributed by atoms with Crippen molar-refractivity contribution in [1.82, 2.24) is 24.6 Å². The number of aromatic nitrogens is 4. The Labute approximate surface area is 191 Å². The molecule has 0 unspecified atom stereocenters. The number of amides is 1. The third kappa shape index (κ3) is 4.07. The molecule has 170 valence electrons. The quantitative estimate of drug-likeness (QED) is 0.465. The van der Waals surface area contributed by atoms with Gasteiger partial charge in [-0.2, -0.15) is 10.1 Å². The molecule has 1 saturated heterocycles. The molecule has 0 atom stereocenters. The molecule has 0 radical (unpaired) electrons. The highest BCUT2D eigenvalue weighted by Crippen LogP contribution is 2.29. The molecule has 0 aliphatic carbocycles. The van der Waals surface area contributed by atoms with Gasteiger partial charge in [0.05, 0.1) is 18.9 Å². The second-order valence-corrected chi connectivity index (χ2v) is 8.11. The number of carbonyl (C=O) groups is 1. The van der Waals surface area contributed by atoms with Crippen molar-refractivity contribution in [2.24, 2.45) is 0 Å². The molecular formula is C24H26N6O3. The second-order valence-electron chi connectivity index (χ2n) is 8.11. The number of ether oxygens (including phenoxy) is 1. The van der Waals surface area contributed by atoms with Gasteiger partial charge in [-0.25, -0.2) is 9.67 Å². The van der Waals surface area contributed by atoms with Crippen molar-refractivity contribution < 1.29 is 13.9 Å². The topological polar surface area (TPSA) is 89.5 Å². The molecule has 5 rings (SSSR count). The summed E-state index contributed by atoms with van der Waals surface area (Å²) < 4.78 is 13.2. The molecule has 3 aromatic heterocycles. The van der Waals surface area contributed by atoms with E-state index in [1.165, 1.54) is 5.56 Å². The summed E-state index contributed by atoms with van der Waals surface area (Å²) in [5.41, 5.74) is 4.11. The Morgan fingerprint density at radius 3 is 2.73 bits per heavy atom. The number of fused-ring (bicyclic) bond motifs is 1. The lowest BCUT2D eigenvalue weighted by Crippen LogP contribution is -2.37. The largest absolute Gasteiger partial charge is 0.445 e. The number of benzene rings is 1. The predicted octanol–water partition coefficient (Wildman–Crippen LogP) is 3.31. The molecule has 0 N–H and O–H groups in total. The molecule has 1 amide bonds. The van der Waals surface area contributed by atoms with Gasteiger partial charge in [0.2, 0.25) is 0 Å². The number of anilines is 1. The van der Waals surface area contributed by atoms with Crippen LogP contribution < -0.4 is 4.90 Å². The van der Waals surface area contributed by atoms with E-state index in [9.17, 15) is 4.79 Å². The van der Waals surface area contributed by atoms with Crippen molar-refractivity contribution in [3.8, 4) is 17.2 Å². The zero-order valence-corrected chi connectivity index (χ0v) is 19.0. The smallest absolute Gasteiger partial charge is 0.289 e. The maximum absolute atomic E-state index is 12.7. The van der Waals surface area contributed by atoms with Gasteiger partial charge in [0, 0.05) is 44.5 Å². The molecule has 1 aliphatic rings. The molecule has 0 saturated carbocycles. The average molecular weight is 447 g/mol. The minimum Gasteiger partial charge on any atom is -0.445 e. The minimum atomic E-state index is -0.189. The summed E-state index contributed by atoms with van der Waals surface area (Å²) in [5, 5.41) is 4.71. The van der Waals surface area contributed by atoms with Gasteiger partial charge >= 0.3 is 0 Å². The number of furan rings is 1. The molecule has 0 bridgehead atoms. The van der Waals surface area contributed by atoms with Crippen molar-refractivity contribution in [2.75, 3.05) is 44.8 Å². The van der Waals surface area contributed by atoms with Gasteiger partial charge < -0.3 is 19.0 Å². The molecule has 4 heterocycles. The summed E-state index contributed by atoms with van der Waals surface area (Å²) in [6.45, 7) is 7.12. The Kier molecular flexibility index (Phi) is 5.55. The molecule has 33 heavy (non-hydrogen) atoms. The fourth-order valence-corrected chi connectivity index (χ4v) is 3.83. The zero-order chi connectivity index (χ0) is 22.9. The summed E-state index contributed by atoms with van der Waals surface area (Å²) in [5.74, 6) is 1.12. The van der Waals surface area contributed by atoms with Crippen molar-refractivity contribution in [2.45, 2.75) is 13.8 Å². The number of hydrogen-bond donors (Lipinski definition) is 0. The highest BCUT2D eigenvalue weighted by molar-refractivity contribution is 5.97. The monoisotopic (exact) mass is 446 g/mol. The van der Waals surface area contributed by atoms with E-state index >= 15 is 0 Å². The van der Waals surface area contributed by atoms with Gasteiger partial charge in [0.1, 0.15) is 5.52 Å². The first kappa shape index (κ1) is 21.1. The fraction of sp³-hybridized carbons (Fsp3) is 0.333. The molecule has 9 nitrogen and oxygen atoms in total. The Balaban J connectivity index is 1.60. The third-order valence-corrected chi connectivity index (χ3v) is 5.79. The predicted molar refractivity (Wildman–Crippen MR) is 125 cm³/mol. The van der Waals surface area contributed by atoms with Gasteiger partial charge in [-0.15, -0.1) is 0 Å². The van der Waals surface area contributed by atoms with Crippen LogP contribution in [0.4, 0.5) is 5.82 Å². The lowest BCUT2D eigenvalue weighted by atomic mass is 10.1. The van der Waals surface area contributed by atoms with Crippen LogP contribution in [0.15, 0.2) is 47.0 Å². The first-order chi connectivity index (χ1) is 16.0. The van der Waals surface area contributed by atoms with Crippen molar-refractivity contribution in [3.05, 3.63) is 53.9 Å². The normalized spacial score (nSPS) is 14.1. The van der Waals surface area contributed by atoms with Gasteiger partial charge in [0.25, 0.3) is 11.9 Å². The van der Waals surface area contributed by atoms with E-state index in [1.54, 1.807) is 22.7 Å². The summed E-state index contributed by atoms with van der Waals surface area (Å²) in [6, 6.07) is 11.8. The van der Waals surface area contributed by atoms with Crippen LogP contribution in [0.3, 0.4) is 0 Å². The van der Waals surface area contributed by atoms with Crippen LogP contribution in [0.2, 0.25) is 0 Å². The highest BCUT2D eigenvalue weighted by Gasteiger charge is 2.24. The van der Waals surface area contributed by atoms with Gasteiger partial charge in [-0.3, -0.25) is 4.79 Å². The van der Waals surface area contributed by atoms with E-state index in [1.807, 2.05) is 31.3 Å². The number of carbonyl (C=O) groups excluding carboxylic acids is 1. The van der Waals surface area contributed by atoms with E-state index in [0.717, 1.165) is 11.3 Å². The maximum atomic E-state index is 12.7. The SMILES string of the molecule is CCN(C)C(=O)c1cc2nc(-n3ccc(-c4cccc(C)c4)n3)nc(N3CCOCC3)c2o1. The van der Waals surface area contributed by atoms with Gasteiger partial charge in [-0.1, -0.05) is 23.8 Å². The van der Waals surface area contributed by atoms with Crippen LogP contribution in [0.5, 0.6) is 0 Å². The highest BCUT2D eigenvalue weighted by atomic mass is 16.5. The van der Waals surface area contributed by atoms with Crippen molar-refractivity contribution >= 4 is 22.8 Å². The average Bonchev–Trinajstić information content (AvgIpc) is 3.50. The molecule has 0 spiro atoms. The second kappa shape index (κ2) is 8.67. The summed E-state index contributed by atoms with van der Waals surface area (Å²) in [7, 11) is 1.74. The fourth-order valence-electron chi connectivity index (χ4n) is 3.83. The Morgan fingerprint density at radius 2 is 1.97 bits per heavy atom. The van der Waals surface area contributed by atoms with E-state index in [-0.39, 0.29) is 11.7 Å². The van der Waals surface area contributed by atoms with Crippen molar-refractivity contribution in [1.29, 1.82) is 0 Å². The van der Waals surface area contributed by atoms with Crippen LogP contribution >= 0.6 is 0 Å². The third-order valence-electron chi connectivity index (χ3n) is 5.79. The van der Waals surface area contributed by atoms with E-state index in [2.05, 4.69) is 28.9 Å². The van der Waals surface area contributed by atoms with Gasteiger partial charge in [-0.05, 0) is 26.0 Å². The standard InChI is InChI=1S/C24H26N6O3/c1-4-28(3)23(31)20-15-19-21(33-20)22(29-10-12-32-13-11-29)26-24(25-19)30-9-8-18(27-30)17-7-5-6-16(2)14-17/h5-9,14-15H,4,10-13H2,1-3H3. The summed E-state index contributed by atoms with van der Waals surface area (Å²) in [4.78, 5) is 25.9. The Hall–Kier alpha value is -3.72. The Morgan fingerprint density at radius 1 is 1.15 bits per heavy atom. The first-order valence-electron chi connectivity index (χ1n) is 11.1. The zero-order valence-electron chi connectivity index (χ0n) is 19.0. The van der Waals surface area contributed by atoms with E-state index < -0.39 is 0 Å². The lowest BCUT2D eigenvalue weighted by Gasteiger charge is -2.27. The molecule has 1 aliphatic heterocycles. The summed E-state index contributed by atoms with van der Waals surface area (Å²) >= 11 is 0. The maximum Gasteiger partial charge on any atom is 0.289 e. The molecule has 1 aromatic carbocycles. The Bertz CT molecular complexity index is 1300. The van der Waals surface area contributed by atoms with E-state index in [4.69, 9.17) is 19.2 Å². The molecule has 4 aromatic rings. The van der Waals surface area contributed by atoms with Crippen molar-refractivity contribution in [3.63, 3.8) is 0 Å². The number of hydrogen-bond acceptors (Lipinski definition) is 7. The van der Waals surface area contributed by atoms with E-state index in [0.29, 0.717) is 55.7 Å². The van der Waals surface area contributed by atoms with Crippen LogP contribution in [0.25, 0.3) is 28.3 Å². The molecule has 9 heteroatoms. The number of aryl methyl sites for hydroxylation is 1.